The number of alkyl halides is 1. The van der Waals surface area contributed by atoms with Crippen molar-refractivity contribution < 1.29 is 46.1 Å². The Bertz CT molecular complexity index is 970. The van der Waals surface area contributed by atoms with Gasteiger partial charge in [-0.05, 0) is 19.9 Å². The first kappa shape index (κ1) is 20.3. The number of benzene rings is 1. The molecule has 0 saturated carbocycles. The zero-order valence-electron chi connectivity index (χ0n) is 13.6. The van der Waals surface area contributed by atoms with Crippen LogP contribution in [0, 0.1) is 11.6 Å². The lowest BCUT2D eigenvalue weighted by Crippen LogP contribution is -2.21. The number of hydrogen-bond acceptors (Lipinski definition) is 2. The maximum atomic E-state index is 14.4. The molecule has 0 amide bonds. The van der Waals surface area contributed by atoms with E-state index in [0.29, 0.717) is 0 Å². The molecule has 1 atom stereocenters. The van der Waals surface area contributed by atoms with Gasteiger partial charge in [0.05, 0.1) is 5.56 Å². The van der Waals surface area contributed by atoms with Crippen LogP contribution in [-0.2, 0) is 0 Å². The zero-order chi connectivity index (χ0) is 20.8. The summed E-state index contributed by atoms with van der Waals surface area (Å²) in [4.78, 5) is 22.7. The Hall–Kier alpha value is -3.04. The molecule has 1 aliphatic carbocycles. The maximum absolute atomic E-state index is 14.4. The van der Waals surface area contributed by atoms with E-state index < -0.39 is 75.1 Å². The van der Waals surface area contributed by atoms with Crippen molar-refractivity contribution in [2.24, 2.45) is 0 Å². The van der Waals surface area contributed by atoms with Crippen LogP contribution in [-0.4, -0.2) is 28.3 Å². The lowest BCUT2D eigenvalue weighted by atomic mass is 9.83. The van der Waals surface area contributed by atoms with Crippen LogP contribution in [0.25, 0.3) is 5.57 Å². The van der Waals surface area contributed by atoms with Crippen LogP contribution >= 0.6 is 0 Å². The summed E-state index contributed by atoms with van der Waals surface area (Å²) in [7, 11) is 0. The molecule has 2 N–H and O–H groups in total. The van der Waals surface area contributed by atoms with Crippen LogP contribution in [0.15, 0.2) is 34.7 Å². The second-order valence-electron chi connectivity index (χ2n) is 5.71. The van der Waals surface area contributed by atoms with Gasteiger partial charge in [-0.2, -0.15) is 0 Å². The van der Waals surface area contributed by atoms with Crippen molar-refractivity contribution in [1.82, 2.24) is 0 Å². The van der Waals surface area contributed by atoms with E-state index in [4.69, 9.17) is 5.11 Å². The third-order valence-electron chi connectivity index (χ3n) is 3.82. The Morgan fingerprint density at radius 3 is 1.89 bits per heavy atom. The minimum atomic E-state index is -2.85. The molecule has 10 heteroatoms. The monoisotopic (exact) mass is 392 g/mol. The summed E-state index contributed by atoms with van der Waals surface area (Å²) in [6, 6.07) is 0.0896. The molecule has 0 saturated heterocycles. The number of aromatic carboxylic acids is 2. The van der Waals surface area contributed by atoms with Gasteiger partial charge < -0.3 is 10.2 Å². The Morgan fingerprint density at radius 2 is 1.44 bits per heavy atom. The average molecular weight is 392 g/mol. The van der Waals surface area contributed by atoms with E-state index in [1.807, 2.05) is 0 Å². The smallest absolute Gasteiger partial charge is 0.339 e. The summed E-state index contributed by atoms with van der Waals surface area (Å²) < 4.78 is 83.7. The van der Waals surface area contributed by atoms with Gasteiger partial charge in [-0.1, -0.05) is 5.57 Å². The fourth-order valence-electron chi connectivity index (χ4n) is 2.71. The standard InChI is InChI=1S/C17H10F6O4/c1-4(2)7-8(13(21)15(23)14(22)12(7)20)5-3-6(18)11(19)10(17(26)27)9(5)16(24)25/h3,12H,1-2H3,(H,24,25)(H,26,27). The van der Waals surface area contributed by atoms with Crippen molar-refractivity contribution in [3.63, 3.8) is 0 Å². The predicted molar refractivity (Wildman–Crippen MR) is 80.8 cm³/mol. The topological polar surface area (TPSA) is 74.6 Å². The van der Waals surface area contributed by atoms with Crippen molar-refractivity contribution in [3.8, 4) is 0 Å². The molecule has 0 aliphatic heterocycles. The highest BCUT2D eigenvalue weighted by Gasteiger charge is 2.39. The number of rotatable bonds is 3. The molecule has 0 radical (unpaired) electrons. The highest BCUT2D eigenvalue weighted by molar-refractivity contribution is 6.07. The quantitative estimate of drug-likeness (QED) is 0.719. The minimum absolute atomic E-state index is 0.0896. The summed E-state index contributed by atoms with van der Waals surface area (Å²) >= 11 is 0. The first-order valence-electron chi connectivity index (χ1n) is 7.17. The number of hydrogen-bond donors (Lipinski definition) is 2. The Balaban J connectivity index is 3.10. The fraction of sp³-hybridized carbons (Fsp3) is 0.176. The fourth-order valence-corrected chi connectivity index (χ4v) is 2.71. The van der Waals surface area contributed by atoms with E-state index in [9.17, 15) is 41.0 Å². The van der Waals surface area contributed by atoms with Crippen LogP contribution in [0.4, 0.5) is 26.3 Å². The molecule has 0 heterocycles. The molecule has 1 aromatic rings. The van der Waals surface area contributed by atoms with Gasteiger partial charge in [-0.15, -0.1) is 0 Å². The Morgan fingerprint density at radius 1 is 0.926 bits per heavy atom. The van der Waals surface area contributed by atoms with Gasteiger partial charge in [0.25, 0.3) is 0 Å². The summed E-state index contributed by atoms with van der Waals surface area (Å²) in [5.41, 5.74) is -6.45. The molecule has 0 aromatic heterocycles. The number of carboxylic acids is 2. The van der Waals surface area contributed by atoms with Gasteiger partial charge >= 0.3 is 11.9 Å². The summed E-state index contributed by atoms with van der Waals surface area (Å²) in [5, 5.41) is 18.3. The molecule has 2 rings (SSSR count). The van der Waals surface area contributed by atoms with E-state index in [1.165, 1.54) is 0 Å². The first-order chi connectivity index (χ1) is 12.4. The molecule has 1 aliphatic rings. The predicted octanol–water partition coefficient (Wildman–Crippen LogP) is 4.88. The third kappa shape index (κ3) is 3.11. The van der Waals surface area contributed by atoms with Gasteiger partial charge in [-0.25, -0.2) is 35.9 Å². The van der Waals surface area contributed by atoms with Crippen molar-refractivity contribution in [2.75, 3.05) is 0 Å². The molecule has 1 unspecified atom stereocenters. The van der Waals surface area contributed by atoms with Crippen LogP contribution in [0.1, 0.15) is 40.1 Å². The molecule has 1 aromatic carbocycles. The molecule has 0 fully saturated rings. The molecule has 0 spiro atoms. The largest absolute Gasteiger partial charge is 0.478 e. The molecular weight excluding hydrogens is 382 g/mol. The van der Waals surface area contributed by atoms with Crippen LogP contribution in [0.3, 0.4) is 0 Å². The highest BCUT2D eigenvalue weighted by atomic mass is 19.2. The molecular formula is C17H10F6O4. The molecule has 4 nitrogen and oxygen atoms in total. The number of allylic oxidation sites excluding steroid dienone is 6. The third-order valence-corrected chi connectivity index (χ3v) is 3.82. The van der Waals surface area contributed by atoms with E-state index >= 15 is 0 Å². The zero-order valence-corrected chi connectivity index (χ0v) is 13.6. The van der Waals surface area contributed by atoms with E-state index in [0.717, 1.165) is 13.8 Å². The highest BCUT2D eigenvalue weighted by Crippen LogP contribution is 2.46. The lowest BCUT2D eigenvalue weighted by Gasteiger charge is -2.24. The summed E-state index contributed by atoms with van der Waals surface area (Å²) in [6.07, 6.45) is -2.85. The van der Waals surface area contributed by atoms with E-state index in [-0.39, 0.29) is 11.6 Å². The lowest BCUT2D eigenvalue weighted by molar-refractivity contribution is 0.0645. The minimum Gasteiger partial charge on any atom is -0.478 e. The van der Waals surface area contributed by atoms with Crippen molar-refractivity contribution in [3.05, 3.63) is 63.0 Å². The van der Waals surface area contributed by atoms with Crippen molar-refractivity contribution in [2.45, 2.75) is 20.0 Å². The normalized spacial score (nSPS) is 17.5. The SMILES string of the molecule is CC(C)=C1C(c2cc(F)c(F)c(C(=O)O)c2C(=O)O)=C(F)C(F)=C(F)C1F. The van der Waals surface area contributed by atoms with Crippen LogP contribution in [0.5, 0.6) is 0 Å². The van der Waals surface area contributed by atoms with Crippen molar-refractivity contribution in [1.29, 1.82) is 0 Å². The van der Waals surface area contributed by atoms with Gasteiger partial charge in [0.15, 0.2) is 35.3 Å². The van der Waals surface area contributed by atoms with Crippen LogP contribution < -0.4 is 0 Å². The number of carbonyl (C=O) groups is 2. The number of halogens is 6. The molecule has 27 heavy (non-hydrogen) atoms. The second-order valence-corrected chi connectivity index (χ2v) is 5.71. The van der Waals surface area contributed by atoms with Gasteiger partial charge in [0, 0.05) is 16.7 Å². The van der Waals surface area contributed by atoms with E-state index in [2.05, 4.69) is 0 Å². The van der Waals surface area contributed by atoms with Crippen LogP contribution in [0.2, 0.25) is 0 Å². The van der Waals surface area contributed by atoms with Gasteiger partial charge in [0.2, 0.25) is 0 Å². The van der Waals surface area contributed by atoms with Gasteiger partial charge in [-0.3, -0.25) is 0 Å². The summed E-state index contributed by atoms with van der Waals surface area (Å²) in [5.74, 6) is -14.8. The van der Waals surface area contributed by atoms with Crippen molar-refractivity contribution >= 4 is 17.5 Å². The molecule has 0 bridgehead atoms. The maximum Gasteiger partial charge on any atom is 0.339 e. The Labute approximate surface area is 147 Å². The Kier molecular flexibility index (Phi) is 5.21. The molecule has 144 valence electrons. The first-order valence-corrected chi connectivity index (χ1v) is 7.17. The number of carboxylic acid groups (broad SMARTS) is 2. The average Bonchev–Trinajstić information content (AvgIpc) is 2.56. The summed E-state index contributed by atoms with van der Waals surface area (Å²) in [6.45, 7) is 2.31. The van der Waals surface area contributed by atoms with E-state index in [1.54, 1.807) is 0 Å². The second kappa shape index (κ2) is 6.93. The van der Waals surface area contributed by atoms with Gasteiger partial charge in [0.1, 0.15) is 5.56 Å².